The van der Waals surface area contributed by atoms with Crippen LogP contribution in [0.2, 0.25) is 0 Å². The third kappa shape index (κ3) is 4.52. The lowest BCUT2D eigenvalue weighted by Crippen LogP contribution is -2.31. The molecule has 3 amide bonds. The molecular formula is C17H21N3O4. The molecule has 1 aromatic carbocycles. The van der Waals surface area contributed by atoms with E-state index in [4.69, 9.17) is 4.42 Å². The summed E-state index contributed by atoms with van der Waals surface area (Å²) in [6.45, 7) is 5.61. The molecule has 0 unspecified atom stereocenters. The van der Waals surface area contributed by atoms with Crippen molar-refractivity contribution in [3.05, 3.63) is 47.4 Å². The van der Waals surface area contributed by atoms with Crippen LogP contribution in [0.25, 0.3) is 0 Å². The number of hydrogen-bond acceptors (Lipinski definition) is 4. The van der Waals surface area contributed by atoms with Crippen LogP contribution in [0.1, 0.15) is 30.0 Å². The predicted octanol–water partition coefficient (Wildman–Crippen LogP) is 3.96. The fourth-order valence-electron chi connectivity index (χ4n) is 2.37. The van der Waals surface area contributed by atoms with Gasteiger partial charge in [-0.05, 0) is 45.0 Å². The second-order valence-corrected chi connectivity index (χ2v) is 5.39. The highest BCUT2D eigenvalue weighted by atomic mass is 16.5. The number of carbonyl (C=O) groups excluding carboxylic acids is 2. The molecule has 128 valence electrons. The number of nitrogens with one attached hydrogen (secondary N) is 3. The van der Waals surface area contributed by atoms with E-state index in [0.29, 0.717) is 11.4 Å². The van der Waals surface area contributed by atoms with Crippen LogP contribution in [0.15, 0.2) is 34.7 Å². The highest BCUT2D eigenvalue weighted by Gasteiger charge is 2.15. The number of benzene rings is 1. The number of aryl methyl sites for hydroxylation is 2. The lowest BCUT2D eigenvalue weighted by molar-refractivity contribution is 0.187. The summed E-state index contributed by atoms with van der Waals surface area (Å²) in [5.41, 5.74) is 2.01. The second kappa shape index (κ2) is 7.54. The van der Waals surface area contributed by atoms with Crippen LogP contribution in [0.4, 0.5) is 21.0 Å². The van der Waals surface area contributed by atoms with Crippen LogP contribution in [0.5, 0.6) is 0 Å². The van der Waals surface area contributed by atoms with Crippen LogP contribution in [0, 0.1) is 13.8 Å². The van der Waals surface area contributed by atoms with Gasteiger partial charge in [0.2, 0.25) is 0 Å². The van der Waals surface area contributed by atoms with E-state index in [0.717, 1.165) is 17.1 Å². The Balaban J connectivity index is 1.98. The number of furan rings is 1. The molecule has 2 aromatic rings. The number of hydrogen-bond donors (Lipinski definition) is 3. The Bertz CT molecular complexity index is 739. The lowest BCUT2D eigenvalue weighted by atomic mass is 10.1. The third-order valence-corrected chi connectivity index (χ3v) is 3.45. The Morgan fingerprint density at radius 1 is 1.12 bits per heavy atom. The third-order valence-electron chi connectivity index (χ3n) is 3.45. The molecule has 2 rings (SSSR count). The largest absolute Gasteiger partial charge is 0.466 e. The summed E-state index contributed by atoms with van der Waals surface area (Å²) in [6, 6.07) is 8.12. The molecule has 0 aliphatic heterocycles. The van der Waals surface area contributed by atoms with Crippen molar-refractivity contribution in [3.63, 3.8) is 0 Å². The molecule has 0 spiro atoms. The molecule has 0 aliphatic rings. The van der Waals surface area contributed by atoms with Crippen LogP contribution < -0.4 is 16.0 Å². The molecular weight excluding hydrogens is 310 g/mol. The van der Waals surface area contributed by atoms with Gasteiger partial charge in [-0.2, -0.15) is 0 Å². The van der Waals surface area contributed by atoms with Crippen LogP contribution in [-0.4, -0.2) is 19.2 Å². The van der Waals surface area contributed by atoms with E-state index in [-0.39, 0.29) is 12.1 Å². The maximum Gasteiger partial charge on any atom is 0.411 e. The molecule has 24 heavy (non-hydrogen) atoms. The van der Waals surface area contributed by atoms with E-state index in [1.165, 1.54) is 7.11 Å². The first-order valence-corrected chi connectivity index (χ1v) is 7.48. The number of carbonyl (C=O) groups is 2. The summed E-state index contributed by atoms with van der Waals surface area (Å²) in [4.78, 5) is 23.3. The fourth-order valence-corrected chi connectivity index (χ4v) is 2.37. The summed E-state index contributed by atoms with van der Waals surface area (Å²) in [5, 5.41) is 8.11. The van der Waals surface area contributed by atoms with E-state index in [9.17, 15) is 9.59 Å². The Morgan fingerprint density at radius 2 is 1.79 bits per heavy atom. The summed E-state index contributed by atoms with van der Waals surface area (Å²) in [5.74, 6) is 1.59. The molecule has 0 bridgehead atoms. The maximum atomic E-state index is 12.1. The molecule has 0 radical (unpaired) electrons. The molecule has 1 aromatic heterocycles. The summed E-state index contributed by atoms with van der Waals surface area (Å²) < 4.78 is 10.0. The van der Waals surface area contributed by atoms with Crippen molar-refractivity contribution in [1.29, 1.82) is 0 Å². The predicted molar refractivity (Wildman–Crippen MR) is 91.2 cm³/mol. The molecule has 0 aliphatic carbocycles. The van der Waals surface area contributed by atoms with Crippen LogP contribution in [-0.2, 0) is 4.74 Å². The monoisotopic (exact) mass is 331 g/mol. The van der Waals surface area contributed by atoms with Crippen molar-refractivity contribution >= 4 is 23.5 Å². The number of anilines is 2. The normalized spacial score (nSPS) is 11.5. The van der Waals surface area contributed by atoms with E-state index < -0.39 is 6.09 Å². The van der Waals surface area contributed by atoms with E-state index >= 15 is 0 Å². The zero-order valence-corrected chi connectivity index (χ0v) is 14.1. The van der Waals surface area contributed by atoms with E-state index in [1.54, 1.807) is 24.3 Å². The van der Waals surface area contributed by atoms with Gasteiger partial charge in [-0.15, -0.1) is 0 Å². The topological polar surface area (TPSA) is 92.6 Å². The standard InChI is InChI=1S/C17H21N3O4/c1-10-8-15(12(3)24-10)11(2)18-16(21)19-13-6-5-7-14(9-13)20-17(22)23-4/h5-9,11H,1-4H3,(H,20,22)(H2,18,19,21)/t11-/m0/s1. The minimum Gasteiger partial charge on any atom is -0.466 e. The summed E-state index contributed by atoms with van der Waals surface area (Å²) in [6.07, 6.45) is -0.573. The number of rotatable bonds is 4. The number of methoxy groups -OCH3 is 1. The van der Waals surface area contributed by atoms with Gasteiger partial charge in [0.05, 0.1) is 13.2 Å². The summed E-state index contributed by atoms with van der Waals surface area (Å²) >= 11 is 0. The Morgan fingerprint density at radius 3 is 2.38 bits per heavy atom. The number of amides is 3. The average Bonchev–Trinajstić information content (AvgIpc) is 2.86. The van der Waals surface area contributed by atoms with Crippen molar-refractivity contribution < 1.29 is 18.7 Å². The van der Waals surface area contributed by atoms with Gasteiger partial charge in [0.25, 0.3) is 0 Å². The Labute approximate surface area is 140 Å². The van der Waals surface area contributed by atoms with Crippen molar-refractivity contribution in [1.82, 2.24) is 5.32 Å². The second-order valence-electron chi connectivity index (χ2n) is 5.39. The van der Waals surface area contributed by atoms with Crippen molar-refractivity contribution in [2.75, 3.05) is 17.7 Å². The van der Waals surface area contributed by atoms with Gasteiger partial charge < -0.3 is 19.8 Å². The van der Waals surface area contributed by atoms with E-state index in [2.05, 4.69) is 20.7 Å². The quantitative estimate of drug-likeness (QED) is 0.790. The first kappa shape index (κ1) is 17.4. The molecule has 0 fully saturated rings. The lowest BCUT2D eigenvalue weighted by Gasteiger charge is -2.14. The van der Waals surface area contributed by atoms with Crippen molar-refractivity contribution in [2.24, 2.45) is 0 Å². The first-order valence-electron chi connectivity index (χ1n) is 7.48. The molecule has 1 heterocycles. The first-order chi connectivity index (χ1) is 11.4. The fraction of sp³-hybridized carbons (Fsp3) is 0.294. The highest BCUT2D eigenvalue weighted by molar-refractivity contribution is 5.91. The number of ether oxygens (including phenoxy) is 1. The number of urea groups is 1. The van der Waals surface area contributed by atoms with Gasteiger partial charge in [0.1, 0.15) is 11.5 Å². The molecule has 7 nitrogen and oxygen atoms in total. The molecule has 7 heteroatoms. The zero-order valence-electron chi connectivity index (χ0n) is 14.1. The minimum absolute atomic E-state index is 0.196. The van der Waals surface area contributed by atoms with Gasteiger partial charge in [0.15, 0.2) is 0 Å². The van der Waals surface area contributed by atoms with Crippen molar-refractivity contribution in [2.45, 2.75) is 26.8 Å². The molecule has 0 saturated carbocycles. The Kier molecular flexibility index (Phi) is 5.47. The molecule has 0 saturated heterocycles. The molecule has 1 atom stereocenters. The summed E-state index contributed by atoms with van der Waals surface area (Å²) in [7, 11) is 1.28. The van der Waals surface area contributed by atoms with Gasteiger partial charge in [0, 0.05) is 16.9 Å². The van der Waals surface area contributed by atoms with Crippen LogP contribution in [0.3, 0.4) is 0 Å². The smallest absolute Gasteiger partial charge is 0.411 e. The maximum absolute atomic E-state index is 12.1. The van der Waals surface area contributed by atoms with Gasteiger partial charge in [-0.3, -0.25) is 5.32 Å². The van der Waals surface area contributed by atoms with Gasteiger partial charge >= 0.3 is 12.1 Å². The minimum atomic E-state index is -0.573. The average molecular weight is 331 g/mol. The highest BCUT2D eigenvalue weighted by Crippen LogP contribution is 2.21. The molecule has 3 N–H and O–H groups in total. The Hall–Kier alpha value is -2.96. The SMILES string of the molecule is COC(=O)Nc1cccc(NC(=O)N[C@@H](C)c2cc(C)oc2C)c1. The van der Waals surface area contributed by atoms with E-state index in [1.807, 2.05) is 26.8 Å². The van der Waals surface area contributed by atoms with Gasteiger partial charge in [-0.25, -0.2) is 9.59 Å². The zero-order chi connectivity index (χ0) is 17.7. The van der Waals surface area contributed by atoms with Crippen molar-refractivity contribution in [3.8, 4) is 0 Å². The van der Waals surface area contributed by atoms with Crippen LogP contribution >= 0.6 is 0 Å². The van der Waals surface area contributed by atoms with Gasteiger partial charge in [-0.1, -0.05) is 6.07 Å².